The monoisotopic (exact) mass is 264 g/mol. The maximum atomic E-state index is 6.13. The summed E-state index contributed by atoms with van der Waals surface area (Å²) in [6.45, 7) is 6.72. The number of halogens is 1. The van der Waals surface area contributed by atoms with Crippen molar-refractivity contribution in [3.8, 4) is 0 Å². The summed E-state index contributed by atoms with van der Waals surface area (Å²) in [5.74, 6) is 1.12. The topological polar surface area (TPSA) is 17.8 Å². The van der Waals surface area contributed by atoms with Gasteiger partial charge in [0.2, 0.25) is 0 Å². The van der Waals surface area contributed by atoms with Crippen LogP contribution in [0.5, 0.6) is 0 Å². The van der Waals surface area contributed by atoms with Crippen LogP contribution in [-0.4, -0.2) is 15.7 Å². The molecule has 0 bridgehead atoms. The van der Waals surface area contributed by atoms with Crippen LogP contribution in [-0.2, 0) is 13.5 Å². The molecule has 1 aromatic heterocycles. The Hall–Kier alpha value is -1.02. The van der Waals surface area contributed by atoms with Crippen LogP contribution in [0, 0.1) is 11.3 Å². The first-order chi connectivity index (χ1) is 8.43. The molecule has 0 radical (unpaired) electrons. The summed E-state index contributed by atoms with van der Waals surface area (Å²) in [5.41, 5.74) is 2.56. The number of hydrogen-bond donors (Lipinski definition) is 0. The lowest BCUT2D eigenvalue weighted by Crippen LogP contribution is -2.24. The first kappa shape index (κ1) is 13.4. The first-order valence-electron chi connectivity index (χ1n) is 6.40. The van der Waals surface area contributed by atoms with Crippen molar-refractivity contribution in [1.29, 1.82) is 0 Å². The molecule has 0 saturated heterocycles. The third-order valence-corrected chi connectivity index (χ3v) is 4.06. The standard InChI is InChI=1S/C15H21ClN2/c1-15(2,3)11(10-16)9-13-12-7-5-6-8-14(12)18(4)17-13/h5-8,11H,9-10H2,1-4H3. The minimum absolute atomic E-state index is 0.209. The molecule has 0 saturated carbocycles. The SMILES string of the molecule is Cn1nc(CC(CCl)C(C)(C)C)c2ccccc21. The summed E-state index contributed by atoms with van der Waals surface area (Å²) >= 11 is 6.13. The molecule has 2 aromatic rings. The normalized spacial score (nSPS) is 14.1. The summed E-state index contributed by atoms with van der Waals surface area (Å²) in [6, 6.07) is 8.38. The maximum absolute atomic E-state index is 6.13. The molecular weight excluding hydrogens is 244 g/mol. The van der Waals surface area contributed by atoms with Crippen molar-refractivity contribution in [3.05, 3.63) is 30.0 Å². The number of para-hydroxylation sites is 1. The lowest BCUT2D eigenvalue weighted by molar-refractivity contribution is 0.262. The van der Waals surface area contributed by atoms with E-state index in [2.05, 4.69) is 50.1 Å². The number of nitrogens with zero attached hydrogens (tertiary/aromatic N) is 2. The third-order valence-electron chi connectivity index (χ3n) is 3.69. The zero-order valence-electron chi connectivity index (χ0n) is 11.6. The summed E-state index contributed by atoms with van der Waals surface area (Å²) in [5, 5.41) is 5.90. The average molecular weight is 265 g/mol. The van der Waals surface area contributed by atoms with Crippen LogP contribution in [0.15, 0.2) is 24.3 Å². The van der Waals surface area contributed by atoms with Crippen LogP contribution in [0.3, 0.4) is 0 Å². The lowest BCUT2D eigenvalue weighted by Gasteiger charge is -2.28. The highest BCUT2D eigenvalue weighted by atomic mass is 35.5. The molecule has 0 aliphatic carbocycles. The highest BCUT2D eigenvalue weighted by molar-refractivity contribution is 6.18. The van der Waals surface area contributed by atoms with Gasteiger partial charge in [0.25, 0.3) is 0 Å². The molecule has 2 rings (SSSR count). The van der Waals surface area contributed by atoms with Gasteiger partial charge in [-0.3, -0.25) is 4.68 Å². The zero-order chi connectivity index (χ0) is 13.3. The van der Waals surface area contributed by atoms with E-state index in [4.69, 9.17) is 11.6 Å². The molecule has 18 heavy (non-hydrogen) atoms. The van der Waals surface area contributed by atoms with Crippen molar-refractivity contribution < 1.29 is 0 Å². The Morgan fingerprint density at radius 3 is 2.56 bits per heavy atom. The number of benzene rings is 1. The second-order valence-electron chi connectivity index (χ2n) is 6.01. The van der Waals surface area contributed by atoms with Gasteiger partial charge >= 0.3 is 0 Å². The van der Waals surface area contributed by atoms with Gasteiger partial charge in [-0.25, -0.2) is 0 Å². The van der Waals surface area contributed by atoms with Gasteiger partial charge < -0.3 is 0 Å². The van der Waals surface area contributed by atoms with Gasteiger partial charge in [0.05, 0.1) is 11.2 Å². The summed E-state index contributed by atoms with van der Waals surface area (Å²) < 4.78 is 1.96. The maximum Gasteiger partial charge on any atom is 0.0706 e. The Labute approximate surface area is 114 Å². The molecule has 1 atom stereocenters. The fourth-order valence-electron chi connectivity index (χ4n) is 2.27. The third kappa shape index (κ3) is 2.54. The van der Waals surface area contributed by atoms with Crippen LogP contribution in [0.4, 0.5) is 0 Å². The second-order valence-corrected chi connectivity index (χ2v) is 6.32. The molecule has 0 aliphatic rings. The first-order valence-corrected chi connectivity index (χ1v) is 6.93. The van der Waals surface area contributed by atoms with Crippen molar-refractivity contribution >= 4 is 22.5 Å². The molecule has 0 aliphatic heterocycles. The Bertz CT molecular complexity index is 537. The fourth-order valence-corrected chi connectivity index (χ4v) is 2.84. The summed E-state index contributed by atoms with van der Waals surface area (Å²) in [7, 11) is 2.00. The molecule has 3 heteroatoms. The van der Waals surface area contributed by atoms with Gasteiger partial charge in [-0.05, 0) is 23.8 Å². The van der Waals surface area contributed by atoms with E-state index >= 15 is 0 Å². The molecular formula is C15H21ClN2. The van der Waals surface area contributed by atoms with Crippen molar-refractivity contribution in [3.63, 3.8) is 0 Å². The van der Waals surface area contributed by atoms with E-state index in [1.165, 1.54) is 10.9 Å². The van der Waals surface area contributed by atoms with Gasteiger partial charge in [-0.15, -0.1) is 11.6 Å². The molecule has 0 amide bonds. The molecule has 0 spiro atoms. The van der Waals surface area contributed by atoms with Crippen LogP contribution in [0.1, 0.15) is 26.5 Å². The fraction of sp³-hybridized carbons (Fsp3) is 0.533. The highest BCUT2D eigenvalue weighted by Crippen LogP contribution is 2.31. The van der Waals surface area contributed by atoms with Gasteiger partial charge in [0, 0.05) is 18.3 Å². The van der Waals surface area contributed by atoms with Gasteiger partial charge in [0.1, 0.15) is 0 Å². The molecule has 1 unspecified atom stereocenters. The molecule has 2 nitrogen and oxygen atoms in total. The van der Waals surface area contributed by atoms with Crippen molar-refractivity contribution in [2.45, 2.75) is 27.2 Å². The van der Waals surface area contributed by atoms with Crippen molar-refractivity contribution in [2.75, 3.05) is 5.88 Å². The number of fused-ring (bicyclic) bond motifs is 1. The Kier molecular flexibility index (Phi) is 3.67. The Morgan fingerprint density at radius 1 is 1.28 bits per heavy atom. The van der Waals surface area contributed by atoms with Crippen molar-refractivity contribution in [1.82, 2.24) is 9.78 Å². The summed E-state index contributed by atoms with van der Waals surface area (Å²) in [4.78, 5) is 0. The molecule has 0 N–H and O–H groups in total. The van der Waals surface area contributed by atoms with E-state index in [0.29, 0.717) is 11.8 Å². The number of hydrogen-bond acceptors (Lipinski definition) is 1. The van der Waals surface area contributed by atoms with E-state index in [0.717, 1.165) is 12.1 Å². The average Bonchev–Trinajstić information content (AvgIpc) is 2.62. The number of alkyl halides is 1. The molecule has 98 valence electrons. The van der Waals surface area contributed by atoms with E-state index in [-0.39, 0.29) is 5.41 Å². The molecule has 0 fully saturated rings. The quantitative estimate of drug-likeness (QED) is 0.766. The van der Waals surface area contributed by atoms with Gasteiger partial charge in [-0.1, -0.05) is 39.0 Å². The predicted octanol–water partition coefficient (Wildman–Crippen LogP) is 4.02. The van der Waals surface area contributed by atoms with E-state index < -0.39 is 0 Å². The Morgan fingerprint density at radius 2 is 1.94 bits per heavy atom. The van der Waals surface area contributed by atoms with Crippen LogP contribution in [0.2, 0.25) is 0 Å². The van der Waals surface area contributed by atoms with Crippen LogP contribution < -0.4 is 0 Å². The highest BCUT2D eigenvalue weighted by Gasteiger charge is 2.25. The van der Waals surface area contributed by atoms with Crippen LogP contribution >= 0.6 is 11.6 Å². The molecule has 1 heterocycles. The van der Waals surface area contributed by atoms with Crippen molar-refractivity contribution in [2.24, 2.45) is 18.4 Å². The smallest absolute Gasteiger partial charge is 0.0706 e. The van der Waals surface area contributed by atoms with E-state index in [1.54, 1.807) is 0 Å². The number of rotatable bonds is 3. The summed E-state index contributed by atoms with van der Waals surface area (Å²) in [6.07, 6.45) is 0.939. The predicted molar refractivity (Wildman–Crippen MR) is 78.1 cm³/mol. The van der Waals surface area contributed by atoms with E-state index in [1.807, 2.05) is 11.7 Å². The lowest BCUT2D eigenvalue weighted by atomic mass is 9.79. The number of aryl methyl sites for hydroxylation is 1. The molecule has 1 aromatic carbocycles. The minimum atomic E-state index is 0.209. The zero-order valence-corrected chi connectivity index (χ0v) is 12.3. The minimum Gasteiger partial charge on any atom is -0.268 e. The largest absolute Gasteiger partial charge is 0.268 e. The van der Waals surface area contributed by atoms with Crippen LogP contribution in [0.25, 0.3) is 10.9 Å². The second kappa shape index (κ2) is 4.93. The van der Waals surface area contributed by atoms with Gasteiger partial charge in [-0.2, -0.15) is 5.10 Å². The number of aromatic nitrogens is 2. The van der Waals surface area contributed by atoms with Gasteiger partial charge in [0.15, 0.2) is 0 Å². The Balaban J connectivity index is 2.37. The van der Waals surface area contributed by atoms with E-state index in [9.17, 15) is 0 Å².